The van der Waals surface area contributed by atoms with Gasteiger partial charge in [0.1, 0.15) is 5.54 Å². The van der Waals surface area contributed by atoms with Crippen molar-refractivity contribution in [2.45, 2.75) is 32.2 Å². The average molecular weight is 276 g/mol. The van der Waals surface area contributed by atoms with Crippen molar-refractivity contribution in [1.29, 1.82) is 5.26 Å². The first-order valence-corrected chi connectivity index (χ1v) is 8.07. The van der Waals surface area contributed by atoms with Crippen LogP contribution in [0.2, 0.25) is 0 Å². The molecule has 0 radical (unpaired) electrons. The van der Waals surface area contributed by atoms with Crippen molar-refractivity contribution in [2.24, 2.45) is 5.92 Å². The van der Waals surface area contributed by atoms with Gasteiger partial charge in [0.2, 0.25) is 0 Å². The molecule has 3 heteroatoms. The van der Waals surface area contributed by atoms with Crippen LogP contribution in [0.4, 0.5) is 0 Å². The van der Waals surface area contributed by atoms with Crippen LogP contribution >= 0.6 is 11.8 Å². The second-order valence-electron chi connectivity index (χ2n) is 4.97. The Morgan fingerprint density at radius 2 is 2.05 bits per heavy atom. The van der Waals surface area contributed by atoms with Gasteiger partial charge in [0.05, 0.1) is 6.07 Å². The summed E-state index contributed by atoms with van der Waals surface area (Å²) in [4.78, 5) is 0. The smallest absolute Gasteiger partial charge is 0.132 e. The van der Waals surface area contributed by atoms with Gasteiger partial charge in [-0.2, -0.15) is 17.0 Å². The topological polar surface area (TPSA) is 35.8 Å². The van der Waals surface area contributed by atoms with Crippen molar-refractivity contribution in [3.05, 3.63) is 35.9 Å². The molecule has 2 atom stereocenters. The molecule has 1 rings (SSSR count). The Morgan fingerprint density at radius 1 is 1.37 bits per heavy atom. The predicted octanol–water partition coefficient (Wildman–Crippen LogP) is 3.79. The SMILES string of the molecule is CCC(C)CSCCC(C#N)(NC)c1ccccc1. The van der Waals surface area contributed by atoms with E-state index in [1.54, 1.807) is 0 Å². The largest absolute Gasteiger partial charge is 0.299 e. The van der Waals surface area contributed by atoms with Crippen molar-refractivity contribution >= 4 is 11.8 Å². The van der Waals surface area contributed by atoms with Crippen molar-refractivity contribution in [2.75, 3.05) is 18.6 Å². The van der Waals surface area contributed by atoms with Gasteiger partial charge in [-0.05, 0) is 36.5 Å². The van der Waals surface area contributed by atoms with E-state index in [1.807, 2.05) is 49.1 Å². The summed E-state index contributed by atoms with van der Waals surface area (Å²) in [5, 5.41) is 12.8. The summed E-state index contributed by atoms with van der Waals surface area (Å²) < 4.78 is 0. The predicted molar refractivity (Wildman–Crippen MR) is 84.2 cm³/mol. The van der Waals surface area contributed by atoms with E-state index >= 15 is 0 Å². The van der Waals surface area contributed by atoms with Crippen molar-refractivity contribution in [3.63, 3.8) is 0 Å². The van der Waals surface area contributed by atoms with Gasteiger partial charge in [0.15, 0.2) is 0 Å². The molecule has 0 saturated carbocycles. The van der Waals surface area contributed by atoms with E-state index in [4.69, 9.17) is 0 Å². The molecule has 0 amide bonds. The monoisotopic (exact) mass is 276 g/mol. The van der Waals surface area contributed by atoms with E-state index < -0.39 is 5.54 Å². The number of hydrogen-bond acceptors (Lipinski definition) is 3. The maximum Gasteiger partial charge on any atom is 0.132 e. The molecule has 1 N–H and O–H groups in total. The molecule has 1 aromatic carbocycles. The first-order valence-electron chi connectivity index (χ1n) is 6.92. The molecular formula is C16H24N2S. The van der Waals surface area contributed by atoms with Crippen LogP contribution in [0.25, 0.3) is 0 Å². The Labute approximate surface area is 121 Å². The van der Waals surface area contributed by atoms with Gasteiger partial charge < -0.3 is 0 Å². The van der Waals surface area contributed by atoms with Crippen LogP contribution in [0.15, 0.2) is 30.3 Å². The standard InChI is InChI=1S/C16H24N2S/c1-4-14(2)12-19-11-10-16(13-17,18-3)15-8-6-5-7-9-15/h5-9,14,18H,4,10-12H2,1-3H3. The first kappa shape index (κ1) is 16.1. The summed E-state index contributed by atoms with van der Waals surface area (Å²) in [5.41, 5.74) is 0.508. The lowest BCUT2D eigenvalue weighted by molar-refractivity contribution is 0.456. The van der Waals surface area contributed by atoms with Crippen LogP contribution in [0, 0.1) is 17.2 Å². The molecule has 0 aliphatic rings. The van der Waals surface area contributed by atoms with E-state index in [0.29, 0.717) is 0 Å². The molecule has 0 aromatic heterocycles. The maximum atomic E-state index is 9.56. The fraction of sp³-hybridized carbons (Fsp3) is 0.562. The first-order chi connectivity index (χ1) is 9.18. The van der Waals surface area contributed by atoms with E-state index in [1.165, 1.54) is 12.2 Å². The van der Waals surface area contributed by atoms with Crippen LogP contribution < -0.4 is 5.32 Å². The summed E-state index contributed by atoms with van der Waals surface area (Å²) >= 11 is 1.95. The highest BCUT2D eigenvalue weighted by Gasteiger charge is 2.29. The number of benzene rings is 1. The minimum Gasteiger partial charge on any atom is -0.299 e. The zero-order valence-electron chi connectivity index (χ0n) is 12.1. The third-order valence-corrected chi connectivity index (χ3v) is 4.90. The Bertz CT molecular complexity index is 399. The Morgan fingerprint density at radius 3 is 2.58 bits per heavy atom. The molecule has 0 bridgehead atoms. The Balaban J connectivity index is 2.61. The number of hydrogen-bond donors (Lipinski definition) is 1. The zero-order chi connectivity index (χ0) is 14.1. The lowest BCUT2D eigenvalue weighted by Gasteiger charge is -2.26. The van der Waals surface area contributed by atoms with Gasteiger partial charge in [0, 0.05) is 0 Å². The lowest BCUT2D eigenvalue weighted by atomic mass is 9.89. The number of nitrogens with zero attached hydrogens (tertiary/aromatic N) is 1. The van der Waals surface area contributed by atoms with Crippen LogP contribution in [-0.4, -0.2) is 18.6 Å². The quantitative estimate of drug-likeness (QED) is 0.734. The molecule has 104 valence electrons. The summed E-state index contributed by atoms with van der Waals surface area (Å²) in [6.45, 7) is 4.50. The molecule has 2 unspecified atom stereocenters. The highest BCUT2D eigenvalue weighted by molar-refractivity contribution is 7.99. The summed E-state index contributed by atoms with van der Waals surface area (Å²) in [6.07, 6.45) is 2.06. The van der Waals surface area contributed by atoms with Gasteiger partial charge in [-0.3, -0.25) is 5.32 Å². The number of thioether (sulfide) groups is 1. The van der Waals surface area contributed by atoms with Crippen LogP contribution in [0.3, 0.4) is 0 Å². The van der Waals surface area contributed by atoms with Crippen molar-refractivity contribution in [3.8, 4) is 6.07 Å². The summed E-state index contributed by atoms with van der Waals surface area (Å²) in [6, 6.07) is 12.5. The number of nitriles is 1. The minimum atomic E-state index is -0.552. The molecule has 0 aliphatic heterocycles. The molecule has 0 spiro atoms. The molecule has 1 aromatic rings. The normalized spacial score (nSPS) is 15.5. The molecule has 0 heterocycles. The molecule has 0 saturated heterocycles. The highest BCUT2D eigenvalue weighted by atomic mass is 32.2. The van der Waals surface area contributed by atoms with Crippen molar-refractivity contribution in [1.82, 2.24) is 5.32 Å². The van der Waals surface area contributed by atoms with Gasteiger partial charge in [0.25, 0.3) is 0 Å². The van der Waals surface area contributed by atoms with Crippen LogP contribution in [0.1, 0.15) is 32.3 Å². The lowest BCUT2D eigenvalue weighted by Crippen LogP contribution is -2.39. The molecule has 2 nitrogen and oxygen atoms in total. The van der Waals surface area contributed by atoms with E-state index in [0.717, 1.165) is 23.7 Å². The minimum absolute atomic E-state index is 0.552. The van der Waals surface area contributed by atoms with Crippen LogP contribution in [-0.2, 0) is 5.54 Å². The number of rotatable bonds is 8. The third kappa shape index (κ3) is 4.56. The van der Waals surface area contributed by atoms with Gasteiger partial charge in [-0.25, -0.2) is 0 Å². The third-order valence-electron chi connectivity index (χ3n) is 3.60. The second kappa shape index (κ2) is 8.24. The number of nitrogens with one attached hydrogen (secondary N) is 1. The summed E-state index contributed by atoms with van der Waals surface area (Å²) in [5.74, 6) is 2.94. The average Bonchev–Trinajstić information content (AvgIpc) is 2.48. The van der Waals surface area contributed by atoms with Gasteiger partial charge >= 0.3 is 0 Å². The van der Waals surface area contributed by atoms with E-state index in [2.05, 4.69) is 25.2 Å². The van der Waals surface area contributed by atoms with Crippen molar-refractivity contribution < 1.29 is 0 Å². The fourth-order valence-corrected chi connectivity index (χ4v) is 3.20. The fourth-order valence-electron chi connectivity index (χ4n) is 1.94. The highest BCUT2D eigenvalue weighted by Crippen LogP contribution is 2.26. The van der Waals surface area contributed by atoms with Crippen LogP contribution in [0.5, 0.6) is 0 Å². The Hall–Kier alpha value is -0.980. The maximum absolute atomic E-state index is 9.56. The zero-order valence-corrected chi connectivity index (χ0v) is 13.0. The van der Waals surface area contributed by atoms with E-state index in [-0.39, 0.29) is 0 Å². The Kier molecular flexibility index (Phi) is 6.97. The van der Waals surface area contributed by atoms with Gasteiger partial charge in [-0.1, -0.05) is 50.6 Å². The second-order valence-corrected chi connectivity index (χ2v) is 6.12. The molecule has 0 fully saturated rings. The molecular weight excluding hydrogens is 252 g/mol. The molecule has 0 aliphatic carbocycles. The van der Waals surface area contributed by atoms with Gasteiger partial charge in [-0.15, -0.1) is 0 Å². The van der Waals surface area contributed by atoms with E-state index in [9.17, 15) is 5.26 Å². The summed E-state index contributed by atoms with van der Waals surface area (Å²) in [7, 11) is 1.87. The molecule has 19 heavy (non-hydrogen) atoms.